The van der Waals surface area contributed by atoms with Crippen LogP contribution >= 0.6 is 0 Å². The monoisotopic (exact) mass is 352 g/mol. The molecule has 0 aliphatic heterocycles. The van der Waals surface area contributed by atoms with Crippen LogP contribution in [0.1, 0.15) is 52.4 Å². The molecule has 134 valence electrons. The largest absolute Gasteiger partial charge is 0.418 e. The van der Waals surface area contributed by atoms with Crippen molar-refractivity contribution in [3.63, 3.8) is 0 Å². The van der Waals surface area contributed by atoms with E-state index in [0.29, 0.717) is 22.9 Å². The van der Waals surface area contributed by atoms with E-state index in [9.17, 15) is 18.0 Å². The predicted octanol–water partition coefficient (Wildman–Crippen LogP) is 3.55. The smallest absolute Gasteiger partial charge is 0.396 e. The highest BCUT2D eigenvalue weighted by atomic mass is 19.4. The van der Waals surface area contributed by atoms with Crippen LogP contribution in [0.2, 0.25) is 0 Å². The van der Waals surface area contributed by atoms with Crippen LogP contribution in [0.4, 0.5) is 13.2 Å². The Bertz CT molecular complexity index is 814. The number of pyridine rings is 1. The highest BCUT2D eigenvalue weighted by Crippen LogP contribution is 2.44. The normalized spacial score (nSPS) is 14.8. The lowest BCUT2D eigenvalue weighted by atomic mass is 9.98. The number of hydrogen-bond acceptors (Lipinski definition) is 3. The number of rotatable bonds is 5. The van der Waals surface area contributed by atoms with Gasteiger partial charge in [-0.3, -0.25) is 4.79 Å². The Balaban J connectivity index is 2.09. The molecule has 0 bridgehead atoms. The Morgan fingerprint density at radius 3 is 2.64 bits per heavy atom. The lowest BCUT2D eigenvalue weighted by Crippen LogP contribution is -2.26. The molecule has 2 N–H and O–H groups in total. The van der Waals surface area contributed by atoms with E-state index >= 15 is 0 Å². The first-order valence-electron chi connectivity index (χ1n) is 8.23. The van der Waals surface area contributed by atoms with Crippen LogP contribution in [0.25, 0.3) is 10.9 Å². The minimum absolute atomic E-state index is 0.0485. The maximum absolute atomic E-state index is 13.5. The third-order valence-corrected chi connectivity index (χ3v) is 4.35. The molecule has 0 spiro atoms. The maximum atomic E-state index is 13.5. The lowest BCUT2D eigenvalue weighted by Gasteiger charge is -2.15. The van der Waals surface area contributed by atoms with Gasteiger partial charge in [0, 0.05) is 18.5 Å². The van der Waals surface area contributed by atoms with Crippen molar-refractivity contribution in [2.45, 2.75) is 38.3 Å². The summed E-state index contributed by atoms with van der Waals surface area (Å²) in [5.74, 6) is -0.357. The van der Waals surface area contributed by atoms with Gasteiger partial charge in [0.05, 0.1) is 11.1 Å². The molecule has 0 unspecified atom stereocenters. The van der Waals surface area contributed by atoms with Crippen LogP contribution in [0.5, 0.6) is 0 Å². The fraction of sp³-hybridized carbons (Fsp3) is 0.444. The van der Waals surface area contributed by atoms with Crippen LogP contribution in [-0.2, 0) is 6.18 Å². The van der Waals surface area contributed by atoms with E-state index in [1.807, 2.05) is 0 Å². The molecule has 4 nitrogen and oxygen atoms in total. The van der Waals surface area contributed by atoms with Crippen LogP contribution < -0.4 is 5.32 Å². The van der Waals surface area contributed by atoms with Gasteiger partial charge >= 0.3 is 6.18 Å². The fourth-order valence-corrected chi connectivity index (χ4v) is 2.87. The summed E-state index contributed by atoms with van der Waals surface area (Å²) in [4.78, 5) is 16.1. The van der Waals surface area contributed by atoms with Crippen molar-refractivity contribution in [2.24, 2.45) is 0 Å². The van der Waals surface area contributed by atoms with E-state index in [1.165, 1.54) is 12.1 Å². The summed E-state index contributed by atoms with van der Waals surface area (Å²) in [6, 6.07) is 4.44. The topological polar surface area (TPSA) is 62.2 Å². The molecule has 0 atom stereocenters. The highest BCUT2D eigenvalue weighted by Gasteiger charge is 2.36. The lowest BCUT2D eigenvalue weighted by molar-refractivity contribution is -0.136. The molecule has 1 aliphatic carbocycles. The number of aryl methyl sites for hydroxylation is 1. The number of carbonyl (C=O) groups excluding carboxylic acids is 1. The second kappa shape index (κ2) is 6.63. The van der Waals surface area contributed by atoms with Crippen molar-refractivity contribution in [3.8, 4) is 0 Å². The minimum Gasteiger partial charge on any atom is -0.396 e. The zero-order valence-corrected chi connectivity index (χ0v) is 13.8. The number of nitrogens with one attached hydrogen (secondary N) is 1. The number of alkyl halides is 3. The zero-order valence-electron chi connectivity index (χ0n) is 13.8. The molecule has 1 amide bonds. The summed E-state index contributed by atoms with van der Waals surface area (Å²) >= 11 is 0. The number of aliphatic hydroxyl groups is 1. The fourth-order valence-electron chi connectivity index (χ4n) is 2.87. The van der Waals surface area contributed by atoms with Gasteiger partial charge in [-0.25, -0.2) is 4.98 Å². The molecule has 0 saturated heterocycles. The number of hydrogen-bond donors (Lipinski definition) is 2. The Hall–Kier alpha value is -2.15. The molecule has 1 aliphatic rings. The van der Waals surface area contributed by atoms with Crippen LogP contribution in [-0.4, -0.2) is 29.1 Å². The predicted molar refractivity (Wildman–Crippen MR) is 87.5 cm³/mol. The molecule has 3 rings (SSSR count). The summed E-state index contributed by atoms with van der Waals surface area (Å²) in [6.45, 7) is 1.85. The van der Waals surface area contributed by atoms with Crippen LogP contribution in [0.15, 0.2) is 18.2 Å². The Labute approximate surface area is 143 Å². The van der Waals surface area contributed by atoms with Gasteiger partial charge < -0.3 is 10.4 Å². The van der Waals surface area contributed by atoms with Crippen molar-refractivity contribution in [2.75, 3.05) is 13.2 Å². The first-order chi connectivity index (χ1) is 11.8. The number of fused-ring (bicyclic) bond motifs is 1. The summed E-state index contributed by atoms with van der Waals surface area (Å²) in [7, 11) is 0. The highest BCUT2D eigenvalue weighted by molar-refractivity contribution is 5.96. The van der Waals surface area contributed by atoms with E-state index in [4.69, 9.17) is 5.11 Å². The SMILES string of the molecule is Cc1cc(C(=O)NCCCO)nc2c(C(F)(F)F)cc(C3CC3)cc12. The second-order valence-corrected chi connectivity index (χ2v) is 6.39. The first kappa shape index (κ1) is 17.7. The van der Waals surface area contributed by atoms with Gasteiger partial charge in [-0.1, -0.05) is 0 Å². The van der Waals surface area contributed by atoms with Crippen molar-refractivity contribution in [3.05, 3.63) is 40.6 Å². The number of carbonyl (C=O) groups is 1. The first-order valence-corrected chi connectivity index (χ1v) is 8.23. The molecular weight excluding hydrogens is 333 g/mol. The number of amides is 1. The van der Waals surface area contributed by atoms with Gasteiger partial charge in [0.2, 0.25) is 0 Å². The molecule has 1 fully saturated rings. The quantitative estimate of drug-likeness (QED) is 0.809. The van der Waals surface area contributed by atoms with Gasteiger partial charge in [0.15, 0.2) is 0 Å². The standard InChI is InChI=1S/C18H19F3N2O2/c1-10-7-15(17(25)22-5-2-6-24)23-16-13(10)8-12(11-3-4-11)9-14(16)18(19,20)21/h7-9,11,24H,2-6H2,1H3,(H,22,25). The van der Waals surface area contributed by atoms with Crippen LogP contribution in [0, 0.1) is 6.92 Å². The van der Waals surface area contributed by atoms with Crippen molar-refractivity contribution in [1.29, 1.82) is 0 Å². The van der Waals surface area contributed by atoms with E-state index < -0.39 is 17.6 Å². The number of benzene rings is 1. The Kier molecular flexibility index (Phi) is 4.69. The summed E-state index contributed by atoms with van der Waals surface area (Å²) in [6.07, 6.45) is -2.35. The summed E-state index contributed by atoms with van der Waals surface area (Å²) < 4.78 is 40.6. The molecule has 1 saturated carbocycles. The molecule has 1 aromatic carbocycles. The third-order valence-electron chi connectivity index (χ3n) is 4.35. The maximum Gasteiger partial charge on any atom is 0.418 e. The molecule has 7 heteroatoms. The number of aromatic nitrogens is 1. The van der Waals surface area contributed by atoms with Crippen molar-refractivity contribution >= 4 is 16.8 Å². The molecule has 1 aromatic heterocycles. The van der Waals surface area contributed by atoms with Gasteiger partial charge in [-0.2, -0.15) is 13.2 Å². The van der Waals surface area contributed by atoms with Crippen LogP contribution in [0.3, 0.4) is 0 Å². The zero-order chi connectivity index (χ0) is 18.2. The molecule has 1 heterocycles. The average molecular weight is 352 g/mol. The summed E-state index contributed by atoms with van der Waals surface area (Å²) in [5.41, 5.74) is 0.243. The Morgan fingerprint density at radius 1 is 1.32 bits per heavy atom. The number of aliphatic hydroxyl groups excluding tert-OH is 1. The van der Waals surface area contributed by atoms with E-state index in [1.54, 1.807) is 13.0 Å². The van der Waals surface area contributed by atoms with Crippen molar-refractivity contribution in [1.82, 2.24) is 10.3 Å². The third kappa shape index (κ3) is 3.76. The molecular formula is C18H19F3N2O2. The molecule has 0 radical (unpaired) electrons. The van der Waals surface area contributed by atoms with Gasteiger partial charge in [0.1, 0.15) is 5.69 Å². The van der Waals surface area contributed by atoms with Crippen molar-refractivity contribution < 1.29 is 23.1 Å². The Morgan fingerprint density at radius 2 is 2.04 bits per heavy atom. The van der Waals surface area contributed by atoms with E-state index in [0.717, 1.165) is 12.8 Å². The van der Waals surface area contributed by atoms with E-state index in [2.05, 4.69) is 10.3 Å². The summed E-state index contributed by atoms with van der Waals surface area (Å²) in [5, 5.41) is 11.7. The average Bonchev–Trinajstić information content (AvgIpc) is 3.38. The van der Waals surface area contributed by atoms with Gasteiger partial charge in [-0.05, 0) is 61.4 Å². The number of halogens is 3. The molecule has 2 aromatic rings. The van der Waals surface area contributed by atoms with E-state index in [-0.39, 0.29) is 30.3 Å². The second-order valence-electron chi connectivity index (χ2n) is 6.39. The molecule has 25 heavy (non-hydrogen) atoms. The minimum atomic E-state index is -4.53. The number of nitrogens with zero attached hydrogens (tertiary/aromatic N) is 1. The van der Waals surface area contributed by atoms with Gasteiger partial charge in [-0.15, -0.1) is 0 Å². The van der Waals surface area contributed by atoms with Gasteiger partial charge in [0.25, 0.3) is 5.91 Å².